The third kappa shape index (κ3) is 3.57. The molecule has 1 aliphatic rings. The van der Waals surface area contributed by atoms with E-state index in [1.54, 1.807) is 0 Å². The molecular formula is C20H25NO. The van der Waals surface area contributed by atoms with Gasteiger partial charge >= 0.3 is 0 Å². The molecule has 1 aliphatic carbocycles. The van der Waals surface area contributed by atoms with Crippen LogP contribution in [0.5, 0.6) is 0 Å². The van der Waals surface area contributed by atoms with Crippen LogP contribution >= 0.6 is 0 Å². The third-order valence-electron chi connectivity index (χ3n) is 4.63. The predicted octanol–water partition coefficient (Wildman–Crippen LogP) is 3.70. The predicted molar refractivity (Wildman–Crippen MR) is 90.9 cm³/mol. The zero-order valence-electron chi connectivity index (χ0n) is 13.3. The van der Waals surface area contributed by atoms with E-state index in [1.807, 2.05) is 31.2 Å². The maximum Gasteiger partial charge on any atom is 0.0917 e. The lowest BCUT2D eigenvalue weighted by Crippen LogP contribution is -2.21. The van der Waals surface area contributed by atoms with E-state index < -0.39 is 6.10 Å². The van der Waals surface area contributed by atoms with Crippen LogP contribution in [0.1, 0.15) is 46.8 Å². The largest absolute Gasteiger partial charge is 0.387 e. The minimum absolute atomic E-state index is 0.446. The molecule has 0 amide bonds. The van der Waals surface area contributed by atoms with Gasteiger partial charge in [0.25, 0.3) is 0 Å². The molecule has 116 valence electrons. The van der Waals surface area contributed by atoms with Crippen molar-refractivity contribution in [3.63, 3.8) is 0 Å². The van der Waals surface area contributed by atoms with Crippen LogP contribution < -0.4 is 5.32 Å². The maximum absolute atomic E-state index is 10.3. The molecule has 0 radical (unpaired) electrons. The summed E-state index contributed by atoms with van der Waals surface area (Å²) in [6.07, 6.45) is 4.64. The molecule has 0 aromatic heterocycles. The van der Waals surface area contributed by atoms with Crippen molar-refractivity contribution >= 4 is 0 Å². The molecule has 0 spiro atoms. The maximum atomic E-state index is 10.3. The summed E-state index contributed by atoms with van der Waals surface area (Å²) in [5.41, 5.74) is 6.52. The molecule has 1 unspecified atom stereocenters. The van der Waals surface area contributed by atoms with Gasteiger partial charge in [0.05, 0.1) is 6.10 Å². The molecule has 0 fully saturated rings. The summed E-state index contributed by atoms with van der Waals surface area (Å²) in [4.78, 5) is 0. The Morgan fingerprint density at radius 2 is 1.82 bits per heavy atom. The summed E-state index contributed by atoms with van der Waals surface area (Å²) in [5, 5.41) is 13.7. The van der Waals surface area contributed by atoms with E-state index in [0.717, 1.165) is 17.7 Å². The smallest absolute Gasteiger partial charge is 0.0917 e. The van der Waals surface area contributed by atoms with Crippen LogP contribution in [0.4, 0.5) is 0 Å². The first-order chi connectivity index (χ1) is 10.7. The standard InChI is InChI=1S/C20H25NO/c1-15-6-2-5-9-19(15)20(22)14-21-13-16-10-11-17-7-3-4-8-18(17)12-16/h2,5-6,9-12,20-22H,3-4,7-8,13-14H2,1H3. The van der Waals surface area contributed by atoms with Crippen molar-refractivity contribution in [2.24, 2.45) is 0 Å². The van der Waals surface area contributed by atoms with Crippen molar-refractivity contribution < 1.29 is 5.11 Å². The van der Waals surface area contributed by atoms with Crippen LogP contribution in [-0.2, 0) is 19.4 Å². The topological polar surface area (TPSA) is 32.3 Å². The molecule has 2 aromatic rings. The van der Waals surface area contributed by atoms with Gasteiger partial charge in [-0.05, 0) is 60.4 Å². The second-order valence-electron chi connectivity index (χ2n) is 6.31. The Morgan fingerprint density at radius 3 is 2.64 bits per heavy atom. The number of benzene rings is 2. The van der Waals surface area contributed by atoms with Crippen LogP contribution in [0, 0.1) is 6.92 Å². The summed E-state index contributed by atoms with van der Waals surface area (Å²) in [5.74, 6) is 0. The van der Waals surface area contributed by atoms with Crippen molar-refractivity contribution in [3.05, 3.63) is 70.3 Å². The highest BCUT2D eigenvalue weighted by molar-refractivity contribution is 5.34. The van der Waals surface area contributed by atoms with Gasteiger partial charge in [0.2, 0.25) is 0 Å². The molecule has 0 heterocycles. The van der Waals surface area contributed by atoms with E-state index in [2.05, 4.69) is 23.5 Å². The highest BCUT2D eigenvalue weighted by Crippen LogP contribution is 2.22. The number of hydrogen-bond donors (Lipinski definition) is 2. The fourth-order valence-electron chi connectivity index (χ4n) is 3.32. The summed E-state index contributed by atoms with van der Waals surface area (Å²) >= 11 is 0. The monoisotopic (exact) mass is 295 g/mol. The van der Waals surface area contributed by atoms with Gasteiger partial charge < -0.3 is 10.4 Å². The minimum Gasteiger partial charge on any atom is -0.387 e. The van der Waals surface area contributed by atoms with Crippen molar-refractivity contribution in [3.8, 4) is 0 Å². The normalized spacial score (nSPS) is 15.4. The molecule has 0 bridgehead atoms. The lowest BCUT2D eigenvalue weighted by Gasteiger charge is -2.18. The Hall–Kier alpha value is -1.64. The Labute approximate surface area is 133 Å². The fraction of sp³-hybridized carbons (Fsp3) is 0.400. The van der Waals surface area contributed by atoms with Gasteiger partial charge in [0, 0.05) is 13.1 Å². The summed E-state index contributed by atoms with van der Waals surface area (Å²) < 4.78 is 0. The number of nitrogens with one attached hydrogen (secondary N) is 1. The quantitative estimate of drug-likeness (QED) is 0.881. The second-order valence-corrected chi connectivity index (χ2v) is 6.31. The molecule has 3 rings (SSSR count). The van der Waals surface area contributed by atoms with Gasteiger partial charge in [-0.3, -0.25) is 0 Å². The number of aliphatic hydroxyl groups is 1. The van der Waals surface area contributed by atoms with Crippen molar-refractivity contribution in [1.82, 2.24) is 5.32 Å². The molecule has 0 saturated carbocycles. The Morgan fingerprint density at radius 1 is 1.05 bits per heavy atom. The van der Waals surface area contributed by atoms with E-state index in [0.29, 0.717) is 6.54 Å². The Balaban J connectivity index is 1.56. The summed E-state index contributed by atoms with van der Waals surface area (Å²) in [6, 6.07) is 14.9. The Bertz CT molecular complexity index is 635. The molecule has 2 aromatic carbocycles. The molecule has 0 saturated heterocycles. The number of aryl methyl sites for hydroxylation is 3. The van der Waals surface area contributed by atoms with E-state index in [1.165, 1.54) is 42.4 Å². The van der Waals surface area contributed by atoms with Crippen molar-refractivity contribution in [1.29, 1.82) is 0 Å². The minimum atomic E-state index is -0.446. The zero-order chi connectivity index (χ0) is 15.4. The SMILES string of the molecule is Cc1ccccc1C(O)CNCc1ccc2c(c1)CCCC2. The van der Waals surface area contributed by atoms with E-state index in [9.17, 15) is 5.11 Å². The van der Waals surface area contributed by atoms with Gasteiger partial charge in [0.1, 0.15) is 0 Å². The zero-order valence-corrected chi connectivity index (χ0v) is 13.3. The van der Waals surface area contributed by atoms with Gasteiger partial charge in [-0.1, -0.05) is 42.5 Å². The molecule has 2 N–H and O–H groups in total. The van der Waals surface area contributed by atoms with E-state index >= 15 is 0 Å². The van der Waals surface area contributed by atoms with Crippen molar-refractivity contribution in [2.45, 2.75) is 45.3 Å². The molecular weight excluding hydrogens is 270 g/mol. The fourth-order valence-corrected chi connectivity index (χ4v) is 3.32. The average Bonchev–Trinajstić information content (AvgIpc) is 2.55. The number of hydrogen-bond acceptors (Lipinski definition) is 2. The first-order valence-electron chi connectivity index (χ1n) is 8.29. The van der Waals surface area contributed by atoms with Gasteiger partial charge in [0.15, 0.2) is 0 Å². The van der Waals surface area contributed by atoms with Gasteiger partial charge in [-0.25, -0.2) is 0 Å². The number of aliphatic hydroxyl groups excluding tert-OH is 1. The number of fused-ring (bicyclic) bond motifs is 1. The van der Waals surface area contributed by atoms with Crippen molar-refractivity contribution in [2.75, 3.05) is 6.54 Å². The summed E-state index contributed by atoms with van der Waals surface area (Å²) in [7, 11) is 0. The highest BCUT2D eigenvalue weighted by Gasteiger charge is 2.11. The van der Waals surface area contributed by atoms with Gasteiger partial charge in [-0.2, -0.15) is 0 Å². The van der Waals surface area contributed by atoms with Crippen LogP contribution in [0.2, 0.25) is 0 Å². The molecule has 2 heteroatoms. The van der Waals surface area contributed by atoms with E-state index in [4.69, 9.17) is 0 Å². The molecule has 0 aliphatic heterocycles. The van der Waals surface area contributed by atoms with Crippen LogP contribution in [0.3, 0.4) is 0 Å². The molecule has 22 heavy (non-hydrogen) atoms. The number of rotatable bonds is 5. The first kappa shape index (κ1) is 15.3. The second kappa shape index (κ2) is 7.08. The van der Waals surface area contributed by atoms with Crippen LogP contribution in [0.25, 0.3) is 0 Å². The molecule has 2 nitrogen and oxygen atoms in total. The average molecular weight is 295 g/mol. The highest BCUT2D eigenvalue weighted by atomic mass is 16.3. The summed E-state index contributed by atoms with van der Waals surface area (Å²) in [6.45, 7) is 3.44. The molecule has 1 atom stereocenters. The first-order valence-corrected chi connectivity index (χ1v) is 8.29. The van der Waals surface area contributed by atoms with E-state index in [-0.39, 0.29) is 0 Å². The Kier molecular flexibility index (Phi) is 4.91. The van der Waals surface area contributed by atoms with Crippen LogP contribution in [-0.4, -0.2) is 11.7 Å². The van der Waals surface area contributed by atoms with Gasteiger partial charge in [-0.15, -0.1) is 0 Å². The lowest BCUT2D eigenvalue weighted by molar-refractivity contribution is 0.173. The lowest BCUT2D eigenvalue weighted by atomic mass is 9.90. The van der Waals surface area contributed by atoms with Crippen LogP contribution in [0.15, 0.2) is 42.5 Å². The third-order valence-corrected chi connectivity index (χ3v) is 4.63.